The molecule has 1 saturated heterocycles. The van der Waals surface area contributed by atoms with E-state index in [0.29, 0.717) is 34.9 Å². The molecular formula is C29H30F9N7O7. The van der Waals surface area contributed by atoms with Gasteiger partial charge in [-0.1, -0.05) is 0 Å². The number of nitrogens with two attached hydrogens (primary N) is 1. The van der Waals surface area contributed by atoms with E-state index in [4.69, 9.17) is 39.9 Å². The highest BCUT2D eigenvalue weighted by Crippen LogP contribution is 2.32. The number of anilines is 2. The first-order valence-electron chi connectivity index (χ1n) is 14.5. The Morgan fingerprint density at radius 1 is 0.885 bits per heavy atom. The van der Waals surface area contributed by atoms with E-state index in [9.17, 15) is 39.5 Å². The number of carboxylic acid groups (broad SMARTS) is 3. The number of nitrogens with zero attached hydrogens (tertiary/aromatic N) is 4. The lowest BCUT2D eigenvalue weighted by Gasteiger charge is -2.22. The number of carbonyl (C=O) groups is 3. The van der Waals surface area contributed by atoms with Gasteiger partial charge >= 0.3 is 36.4 Å². The van der Waals surface area contributed by atoms with Crippen molar-refractivity contribution in [2.75, 3.05) is 24.1 Å². The maximum Gasteiger partial charge on any atom is 0.490 e. The third-order valence-corrected chi connectivity index (χ3v) is 6.34. The number of nitrogen functional groups attached to an aromatic ring is 1. The summed E-state index contributed by atoms with van der Waals surface area (Å²) in [7, 11) is 0. The fourth-order valence-corrected chi connectivity index (χ4v) is 4.03. The predicted octanol–water partition coefficient (Wildman–Crippen LogP) is 5.98. The molecule has 7 N–H and O–H groups in total. The minimum Gasteiger partial charge on any atom is -0.475 e. The molecule has 1 aliphatic rings. The number of oxazole rings is 1. The largest absolute Gasteiger partial charge is 0.490 e. The fourth-order valence-electron chi connectivity index (χ4n) is 4.03. The summed E-state index contributed by atoms with van der Waals surface area (Å²) < 4.78 is 103. The van der Waals surface area contributed by atoms with Crippen LogP contribution in [-0.2, 0) is 14.4 Å². The van der Waals surface area contributed by atoms with Gasteiger partial charge in [-0.3, -0.25) is 4.68 Å². The molecule has 4 heterocycles. The van der Waals surface area contributed by atoms with Gasteiger partial charge in [-0.15, -0.1) is 0 Å². The number of carboxylic acids is 3. The third-order valence-electron chi connectivity index (χ3n) is 6.34. The zero-order chi connectivity index (χ0) is 39.6. The van der Waals surface area contributed by atoms with Gasteiger partial charge in [-0.2, -0.15) is 44.6 Å². The minimum absolute atomic E-state index is 0.335. The monoisotopic (exact) mass is 759 g/mol. The summed E-state index contributed by atoms with van der Waals surface area (Å²) in [4.78, 5) is 35.7. The number of fused-ring (bicyclic) bond motifs is 1. The number of hydrogen-bond donors (Lipinski definition) is 6. The molecule has 1 fully saturated rings. The molecule has 0 radical (unpaired) electrons. The average Bonchev–Trinajstić information content (AvgIpc) is 3.69. The molecule has 0 bridgehead atoms. The van der Waals surface area contributed by atoms with Gasteiger partial charge in [0.25, 0.3) is 0 Å². The SMILES string of the molecule is CC(C)Nc1ccc2nc(-c3cc(-c4cnn(C5CCNCC5)c4)cnc3N)oc2c1.O=C(O)C(F)(F)F.O=C(O)C(F)(F)F.O=C(O)C(F)(F)F. The van der Waals surface area contributed by atoms with Gasteiger partial charge in [-0.05, 0) is 58.0 Å². The van der Waals surface area contributed by atoms with Crippen LogP contribution in [0.2, 0.25) is 0 Å². The smallest absolute Gasteiger partial charge is 0.475 e. The number of alkyl halides is 9. The van der Waals surface area contributed by atoms with Crippen LogP contribution in [0.25, 0.3) is 33.7 Å². The third kappa shape index (κ3) is 13.3. The first-order valence-corrected chi connectivity index (χ1v) is 14.5. The van der Waals surface area contributed by atoms with Gasteiger partial charge in [0.15, 0.2) is 5.58 Å². The first-order chi connectivity index (χ1) is 23.9. The molecule has 1 aromatic carbocycles. The quantitative estimate of drug-likeness (QED) is 0.129. The minimum atomic E-state index is -5.08. The van der Waals surface area contributed by atoms with Crippen LogP contribution < -0.4 is 16.4 Å². The van der Waals surface area contributed by atoms with Gasteiger partial charge in [-0.25, -0.2) is 24.4 Å². The van der Waals surface area contributed by atoms with Crippen LogP contribution in [0.5, 0.6) is 0 Å². The van der Waals surface area contributed by atoms with E-state index >= 15 is 0 Å². The van der Waals surface area contributed by atoms with Gasteiger partial charge in [0.2, 0.25) is 5.89 Å². The van der Waals surface area contributed by atoms with Crippen LogP contribution in [0.1, 0.15) is 32.7 Å². The lowest BCUT2D eigenvalue weighted by Crippen LogP contribution is -2.29. The maximum absolute atomic E-state index is 10.6. The summed E-state index contributed by atoms with van der Waals surface area (Å²) in [6.45, 7) is 6.25. The molecule has 0 saturated carbocycles. The number of aliphatic carboxylic acids is 3. The molecule has 286 valence electrons. The Morgan fingerprint density at radius 3 is 1.88 bits per heavy atom. The van der Waals surface area contributed by atoms with E-state index in [1.165, 1.54) is 0 Å². The molecule has 14 nitrogen and oxygen atoms in total. The van der Waals surface area contributed by atoms with E-state index in [0.717, 1.165) is 48.3 Å². The molecule has 0 aliphatic carbocycles. The second-order valence-corrected chi connectivity index (χ2v) is 10.8. The normalized spacial score (nSPS) is 13.5. The van der Waals surface area contributed by atoms with E-state index in [-0.39, 0.29) is 0 Å². The number of halogens is 9. The predicted molar refractivity (Wildman–Crippen MR) is 164 cm³/mol. The molecule has 23 heteroatoms. The van der Waals surface area contributed by atoms with Crippen LogP contribution in [0.4, 0.5) is 51.0 Å². The Hall–Kier alpha value is -5.61. The summed E-state index contributed by atoms with van der Waals surface area (Å²) in [6.07, 6.45) is -7.33. The highest BCUT2D eigenvalue weighted by molar-refractivity contribution is 5.83. The molecule has 0 atom stereocenters. The topological polar surface area (TPSA) is 219 Å². The second-order valence-electron chi connectivity index (χ2n) is 10.8. The zero-order valence-corrected chi connectivity index (χ0v) is 26.8. The number of aromatic nitrogens is 4. The lowest BCUT2D eigenvalue weighted by atomic mass is 10.1. The van der Waals surface area contributed by atoms with Gasteiger partial charge in [0.1, 0.15) is 11.3 Å². The Balaban J connectivity index is 0.000000365. The van der Waals surface area contributed by atoms with Crippen molar-refractivity contribution in [2.45, 2.75) is 57.3 Å². The molecule has 0 unspecified atom stereocenters. The fraction of sp³-hybridized carbons (Fsp3) is 0.379. The molecule has 0 spiro atoms. The summed E-state index contributed by atoms with van der Waals surface area (Å²) in [5.41, 5.74) is 11.3. The molecule has 52 heavy (non-hydrogen) atoms. The van der Waals surface area contributed by atoms with Crippen LogP contribution in [-0.4, -0.2) is 90.6 Å². The van der Waals surface area contributed by atoms with Crippen molar-refractivity contribution >= 4 is 40.5 Å². The van der Waals surface area contributed by atoms with Crippen molar-refractivity contribution in [3.05, 3.63) is 42.9 Å². The van der Waals surface area contributed by atoms with E-state index in [1.807, 2.05) is 30.5 Å². The maximum atomic E-state index is 10.6. The Labute approximate surface area is 286 Å². The molecule has 3 aromatic heterocycles. The van der Waals surface area contributed by atoms with Crippen molar-refractivity contribution in [3.63, 3.8) is 0 Å². The van der Waals surface area contributed by atoms with Crippen molar-refractivity contribution in [1.29, 1.82) is 0 Å². The van der Waals surface area contributed by atoms with Crippen molar-refractivity contribution < 1.29 is 73.6 Å². The number of nitrogens with one attached hydrogen (secondary N) is 2. The molecule has 0 amide bonds. The van der Waals surface area contributed by atoms with Gasteiger partial charge in [0, 0.05) is 41.3 Å². The number of piperidine rings is 1. The van der Waals surface area contributed by atoms with E-state index in [2.05, 4.69) is 50.4 Å². The number of benzene rings is 1. The molecule has 1 aliphatic heterocycles. The summed E-state index contributed by atoms with van der Waals surface area (Å²) in [6, 6.07) is 8.65. The van der Waals surface area contributed by atoms with E-state index < -0.39 is 36.4 Å². The second kappa shape index (κ2) is 17.5. The Kier molecular flexibility index (Phi) is 14.4. The van der Waals surface area contributed by atoms with Gasteiger partial charge in [0.05, 0.1) is 17.8 Å². The molecule has 4 aromatic rings. The summed E-state index contributed by atoms with van der Waals surface area (Å²) in [5.74, 6) is -7.41. The molecule has 5 rings (SSSR count). The Bertz CT molecular complexity index is 1760. The first kappa shape index (κ1) is 42.6. The van der Waals surface area contributed by atoms with E-state index in [1.54, 1.807) is 6.20 Å². The highest BCUT2D eigenvalue weighted by Gasteiger charge is 2.39. The van der Waals surface area contributed by atoms with Crippen LogP contribution in [0.3, 0.4) is 0 Å². The summed E-state index contributed by atoms with van der Waals surface area (Å²) in [5, 5.41) is 32.7. The Morgan fingerprint density at radius 2 is 1.40 bits per heavy atom. The lowest BCUT2D eigenvalue weighted by molar-refractivity contribution is -0.193. The van der Waals surface area contributed by atoms with Crippen molar-refractivity contribution in [3.8, 4) is 22.6 Å². The highest BCUT2D eigenvalue weighted by atomic mass is 19.4. The average molecular weight is 760 g/mol. The standard InChI is InChI=1S/C23H27N7O.3C2HF3O2/c1-14(2)28-17-3-4-20-21(10-17)31-23(29-20)19-9-15(11-26-22(19)24)16-12-27-30(13-16)18-5-7-25-8-6-18;3*3-2(4,5)1(6)7/h3-4,9-14,18,25,28H,5-8H2,1-2H3,(H2,24,26);3*(H,6,7). The van der Waals surface area contributed by atoms with Crippen LogP contribution in [0, 0.1) is 0 Å². The summed E-state index contributed by atoms with van der Waals surface area (Å²) >= 11 is 0. The number of rotatable bonds is 5. The van der Waals surface area contributed by atoms with Crippen molar-refractivity contribution in [2.24, 2.45) is 0 Å². The molecular weight excluding hydrogens is 729 g/mol. The number of hydrogen-bond acceptors (Lipinski definition) is 10. The van der Waals surface area contributed by atoms with Crippen molar-refractivity contribution in [1.82, 2.24) is 25.1 Å². The number of pyridine rings is 1. The zero-order valence-electron chi connectivity index (χ0n) is 26.8. The van der Waals surface area contributed by atoms with Gasteiger partial charge < -0.3 is 36.1 Å². The van der Waals surface area contributed by atoms with Crippen LogP contribution in [0.15, 0.2) is 47.3 Å². The van der Waals surface area contributed by atoms with Crippen LogP contribution >= 0.6 is 0 Å².